The standard InChI is InChI=1S/C31H28F3N7O5/c1-16-12-46-20(11-41(16)27(43)29-13-30(14-29,15-29)28(44)45)25-39-22(23-24(35)37-8-9-40(23)25)17-2-4-18(5-3-17)26(42)38-21-10-19(6-7-36-21)31(32,33)34/h2-10,16,20H,11-15H2,1H3,(H2,35,37)(H,44,45)(H,36,38,42)/t16-,20+,29?,30?/m0/s1. The third kappa shape index (κ3) is 4.64. The lowest BCUT2D eigenvalue weighted by Gasteiger charge is -2.67. The van der Waals surface area contributed by atoms with Crippen molar-refractivity contribution < 1.29 is 37.4 Å². The first-order valence-corrected chi connectivity index (χ1v) is 14.5. The van der Waals surface area contributed by atoms with Crippen molar-refractivity contribution in [3.63, 3.8) is 0 Å². The van der Waals surface area contributed by atoms with Crippen LogP contribution in [0, 0.1) is 10.8 Å². The van der Waals surface area contributed by atoms with Crippen LogP contribution >= 0.6 is 0 Å². The van der Waals surface area contributed by atoms with E-state index < -0.39 is 40.6 Å². The lowest BCUT2D eigenvalue weighted by atomic mass is 9.34. The van der Waals surface area contributed by atoms with Crippen LogP contribution < -0.4 is 11.1 Å². The number of ether oxygens (including phenoxy) is 1. The second-order valence-electron chi connectivity index (χ2n) is 12.3. The predicted octanol–water partition coefficient (Wildman–Crippen LogP) is 4.19. The minimum absolute atomic E-state index is 0.0621. The van der Waals surface area contributed by atoms with Gasteiger partial charge in [0.25, 0.3) is 5.91 Å². The Kier molecular flexibility index (Phi) is 6.60. The SMILES string of the molecule is C[C@H]1CO[C@@H](c2nc(-c3ccc(C(=O)Nc4cc(C(F)(F)F)ccn4)cc3)c3c(N)nccn23)CN1C(=O)C12CC(C(=O)O)(C1)C2. The molecule has 4 aromatic rings. The van der Waals surface area contributed by atoms with Gasteiger partial charge in [0.15, 0.2) is 0 Å². The molecule has 3 aromatic heterocycles. The van der Waals surface area contributed by atoms with Crippen LogP contribution in [0.2, 0.25) is 0 Å². The maximum atomic E-state index is 13.6. The maximum Gasteiger partial charge on any atom is 0.416 e. The first kappa shape index (κ1) is 29.6. The molecule has 4 aliphatic rings. The summed E-state index contributed by atoms with van der Waals surface area (Å²) in [4.78, 5) is 52.7. The number of nitrogens with two attached hydrogens (primary N) is 1. The van der Waals surface area contributed by atoms with Crippen LogP contribution in [0.25, 0.3) is 16.8 Å². The number of aromatic nitrogens is 4. The van der Waals surface area contributed by atoms with Gasteiger partial charge in [0, 0.05) is 29.7 Å². The Morgan fingerprint density at radius 3 is 2.46 bits per heavy atom. The number of benzene rings is 1. The normalized spacial score (nSPS) is 25.4. The second kappa shape index (κ2) is 10.2. The van der Waals surface area contributed by atoms with E-state index >= 15 is 0 Å². The third-order valence-electron chi connectivity index (χ3n) is 9.28. The van der Waals surface area contributed by atoms with Gasteiger partial charge in [-0.05, 0) is 50.5 Å². The fourth-order valence-corrected chi connectivity index (χ4v) is 6.90. The van der Waals surface area contributed by atoms with E-state index in [0.29, 0.717) is 41.9 Å². The van der Waals surface area contributed by atoms with Gasteiger partial charge in [-0.1, -0.05) is 12.1 Å². The molecule has 4 N–H and O–H groups in total. The minimum Gasteiger partial charge on any atom is -0.481 e. The number of hydrogen-bond donors (Lipinski definition) is 3. The van der Waals surface area contributed by atoms with E-state index in [1.807, 2.05) is 6.92 Å². The third-order valence-corrected chi connectivity index (χ3v) is 9.28. The highest BCUT2D eigenvalue weighted by molar-refractivity contribution is 6.04. The van der Waals surface area contributed by atoms with Gasteiger partial charge in [-0.3, -0.25) is 18.8 Å². The number of rotatable bonds is 6. The van der Waals surface area contributed by atoms with E-state index in [0.717, 1.165) is 18.3 Å². The number of carbonyl (C=O) groups is 3. The number of carbonyl (C=O) groups excluding carboxylic acids is 2. The van der Waals surface area contributed by atoms with Crippen molar-refractivity contribution in [2.75, 3.05) is 24.2 Å². The number of hydrogen-bond acceptors (Lipinski definition) is 8. The predicted molar refractivity (Wildman–Crippen MR) is 156 cm³/mol. The number of anilines is 2. The monoisotopic (exact) mass is 635 g/mol. The number of imidazole rings is 1. The quantitative estimate of drug-likeness (QED) is 0.282. The van der Waals surface area contributed by atoms with Crippen molar-refractivity contribution in [2.45, 2.75) is 44.5 Å². The lowest BCUT2D eigenvalue weighted by Crippen LogP contribution is -2.72. The molecule has 2 amide bonds. The fraction of sp³-hybridized carbons (Fsp3) is 0.355. The highest BCUT2D eigenvalue weighted by Gasteiger charge is 2.76. The average Bonchev–Trinajstić information content (AvgIpc) is 3.36. The van der Waals surface area contributed by atoms with Crippen molar-refractivity contribution in [1.29, 1.82) is 0 Å². The van der Waals surface area contributed by atoms with Gasteiger partial charge >= 0.3 is 12.1 Å². The van der Waals surface area contributed by atoms with E-state index in [9.17, 15) is 32.7 Å². The molecule has 0 unspecified atom stereocenters. The number of pyridine rings is 1. The molecular formula is C31H28F3N7O5. The topological polar surface area (TPSA) is 165 Å². The molecule has 3 saturated carbocycles. The number of amides is 2. The molecule has 2 bridgehead atoms. The van der Waals surface area contributed by atoms with E-state index in [1.165, 1.54) is 18.3 Å². The molecule has 46 heavy (non-hydrogen) atoms. The van der Waals surface area contributed by atoms with Gasteiger partial charge in [0.1, 0.15) is 34.8 Å². The number of fused-ring (bicyclic) bond motifs is 1. The second-order valence-corrected chi connectivity index (χ2v) is 12.3. The molecule has 1 saturated heterocycles. The Bertz CT molecular complexity index is 1890. The summed E-state index contributed by atoms with van der Waals surface area (Å²) in [6.07, 6.45) is 0.0420. The Hall–Kier alpha value is -5.05. The zero-order chi connectivity index (χ0) is 32.6. The van der Waals surface area contributed by atoms with Crippen molar-refractivity contribution in [3.05, 3.63) is 71.9 Å². The molecule has 1 aromatic carbocycles. The number of carboxylic acids is 1. The summed E-state index contributed by atoms with van der Waals surface area (Å²) in [5.41, 5.74) is 5.66. The summed E-state index contributed by atoms with van der Waals surface area (Å²) in [6.45, 7) is 2.36. The fourth-order valence-electron chi connectivity index (χ4n) is 6.90. The summed E-state index contributed by atoms with van der Waals surface area (Å²) in [7, 11) is 0. The van der Waals surface area contributed by atoms with Crippen LogP contribution in [-0.4, -0.2) is 66.3 Å². The van der Waals surface area contributed by atoms with Crippen molar-refractivity contribution in [3.8, 4) is 11.3 Å². The number of halogens is 3. The number of nitrogen functional groups attached to an aromatic ring is 1. The Labute approximate surface area is 259 Å². The highest BCUT2D eigenvalue weighted by Crippen LogP contribution is 2.74. The summed E-state index contributed by atoms with van der Waals surface area (Å²) in [6, 6.07) is 7.63. The highest BCUT2D eigenvalue weighted by atomic mass is 19.4. The first-order valence-electron chi connectivity index (χ1n) is 14.5. The number of morpholine rings is 1. The van der Waals surface area contributed by atoms with Gasteiger partial charge < -0.3 is 25.8 Å². The molecule has 12 nitrogen and oxygen atoms in total. The molecule has 0 radical (unpaired) electrons. The van der Waals surface area contributed by atoms with Gasteiger partial charge in [0.2, 0.25) is 5.91 Å². The number of nitrogens with one attached hydrogen (secondary N) is 1. The van der Waals surface area contributed by atoms with Crippen molar-refractivity contribution in [2.24, 2.45) is 10.8 Å². The first-order chi connectivity index (χ1) is 21.8. The summed E-state index contributed by atoms with van der Waals surface area (Å²) >= 11 is 0. The van der Waals surface area contributed by atoms with Crippen LogP contribution in [0.5, 0.6) is 0 Å². The van der Waals surface area contributed by atoms with Gasteiger partial charge in [-0.2, -0.15) is 13.2 Å². The zero-order valence-corrected chi connectivity index (χ0v) is 24.4. The van der Waals surface area contributed by atoms with E-state index in [2.05, 4.69) is 15.3 Å². The maximum absolute atomic E-state index is 13.6. The molecule has 0 spiro atoms. The van der Waals surface area contributed by atoms with Gasteiger partial charge in [-0.25, -0.2) is 15.0 Å². The molecule has 2 atom stereocenters. The van der Waals surface area contributed by atoms with Crippen LogP contribution in [0.15, 0.2) is 55.0 Å². The number of aliphatic carboxylic acids is 1. The number of nitrogens with zero attached hydrogens (tertiary/aromatic N) is 5. The number of carboxylic acid groups (broad SMARTS) is 1. The summed E-state index contributed by atoms with van der Waals surface area (Å²) in [5.74, 6) is -1.12. The Morgan fingerprint density at radius 2 is 1.78 bits per heavy atom. The molecule has 15 heteroatoms. The molecule has 4 fully saturated rings. The molecule has 238 valence electrons. The van der Waals surface area contributed by atoms with E-state index in [4.69, 9.17) is 15.5 Å². The molecule has 4 heterocycles. The Balaban J connectivity index is 1.13. The van der Waals surface area contributed by atoms with Crippen molar-refractivity contribution in [1.82, 2.24) is 24.3 Å². The average molecular weight is 636 g/mol. The van der Waals surface area contributed by atoms with Crippen molar-refractivity contribution >= 4 is 34.9 Å². The lowest BCUT2D eigenvalue weighted by molar-refractivity contribution is -0.230. The van der Waals surface area contributed by atoms with Gasteiger partial charge in [-0.15, -0.1) is 0 Å². The summed E-state index contributed by atoms with van der Waals surface area (Å²) in [5, 5.41) is 11.9. The molecule has 1 aliphatic heterocycles. The Morgan fingerprint density at radius 1 is 1.07 bits per heavy atom. The largest absolute Gasteiger partial charge is 0.481 e. The van der Waals surface area contributed by atoms with Gasteiger partial charge in [0.05, 0.1) is 35.6 Å². The van der Waals surface area contributed by atoms with Crippen LogP contribution in [0.3, 0.4) is 0 Å². The molecule has 8 rings (SSSR count). The van der Waals surface area contributed by atoms with Crippen LogP contribution in [-0.2, 0) is 20.5 Å². The number of alkyl halides is 3. The minimum atomic E-state index is -4.58. The smallest absolute Gasteiger partial charge is 0.416 e. The molecule has 3 aliphatic carbocycles. The summed E-state index contributed by atoms with van der Waals surface area (Å²) < 4.78 is 47.1. The van der Waals surface area contributed by atoms with Crippen LogP contribution in [0.4, 0.5) is 24.8 Å². The molecular weight excluding hydrogens is 607 g/mol. The van der Waals surface area contributed by atoms with E-state index in [-0.39, 0.29) is 42.3 Å². The van der Waals surface area contributed by atoms with Crippen LogP contribution in [0.1, 0.15) is 54.0 Å². The van der Waals surface area contributed by atoms with E-state index in [1.54, 1.807) is 27.6 Å². The zero-order valence-electron chi connectivity index (χ0n) is 24.4.